The van der Waals surface area contributed by atoms with Gasteiger partial charge in [0.25, 0.3) is 0 Å². The van der Waals surface area contributed by atoms with Gasteiger partial charge in [-0.2, -0.15) is 4.90 Å². The van der Waals surface area contributed by atoms with Gasteiger partial charge < -0.3 is 12.6 Å². The Morgan fingerprint density at radius 2 is 0.975 bits per heavy atom. The standard InChI is InChI=1S/C16H17NS.3C6H15Si.Hf/c1-11-8-13(3)16(18)14(9-11)10-17-15-7-5-4-6-12(15)2;3*1-4-7(5-2)6-3;/h4-10,18H,1-3H3;3*4-6H2,1-3H3;/p-1. The average Bonchev–Trinajstić information content (AvgIpc) is 2.95. The Hall–Kier alpha value is -0.149. The number of hydrogen-bond donors (Lipinski definition) is 0. The van der Waals surface area contributed by atoms with Crippen molar-refractivity contribution in [2.45, 2.75) is 142 Å². The maximum atomic E-state index is 5.41. The summed E-state index contributed by atoms with van der Waals surface area (Å²) in [5.41, 5.74) is 5.53. The zero-order chi connectivity index (χ0) is 30.2. The minimum atomic E-state index is 0. The number of nitrogens with zero attached hydrogens (tertiary/aromatic N) is 1. The first-order valence-corrected chi connectivity index (χ1v) is 22.3. The third-order valence-corrected chi connectivity index (χ3v) is 17.0. The summed E-state index contributed by atoms with van der Waals surface area (Å²) < 4.78 is 0. The Balaban J connectivity index is -0.000000521. The first-order chi connectivity index (χ1) is 18.6. The number of aryl methyl sites for hydroxylation is 3. The van der Waals surface area contributed by atoms with Gasteiger partial charge in [0.1, 0.15) is 0 Å². The fourth-order valence-electron chi connectivity index (χ4n) is 4.18. The van der Waals surface area contributed by atoms with Crippen molar-refractivity contribution in [3.05, 3.63) is 58.7 Å². The maximum Gasteiger partial charge on any atom is 0.0658 e. The van der Waals surface area contributed by atoms with Crippen molar-refractivity contribution in [1.29, 1.82) is 0 Å². The molecule has 0 N–H and O–H groups in total. The minimum absolute atomic E-state index is 0. The summed E-state index contributed by atoms with van der Waals surface area (Å²) in [4.78, 5) is 5.41. The summed E-state index contributed by atoms with van der Waals surface area (Å²) in [7, 11) is 0.412. The molecule has 2 rings (SSSR count). The van der Waals surface area contributed by atoms with Gasteiger partial charge >= 0.3 is 0 Å². The fraction of sp³-hybridized carbons (Fsp3) is 0.618. The Morgan fingerprint density at radius 1 is 0.600 bits per heavy atom. The molecule has 40 heavy (non-hydrogen) atoms. The molecule has 3 radical (unpaired) electrons. The van der Waals surface area contributed by atoms with Crippen molar-refractivity contribution in [2.75, 3.05) is 0 Å². The van der Waals surface area contributed by atoms with Crippen LogP contribution in [0.4, 0.5) is 5.69 Å². The quantitative estimate of drug-likeness (QED) is 0.126. The van der Waals surface area contributed by atoms with E-state index in [9.17, 15) is 0 Å². The number of benzene rings is 2. The summed E-state index contributed by atoms with van der Waals surface area (Å²) >= 11 is 5.41. The van der Waals surface area contributed by atoms with Crippen LogP contribution in [0.25, 0.3) is 0 Å². The van der Waals surface area contributed by atoms with Crippen molar-refractivity contribution >= 4 is 50.9 Å². The van der Waals surface area contributed by atoms with Crippen molar-refractivity contribution in [1.82, 2.24) is 0 Å². The van der Waals surface area contributed by atoms with Crippen LogP contribution < -0.4 is 0 Å². The Morgan fingerprint density at radius 3 is 1.30 bits per heavy atom. The Bertz CT molecular complexity index is 834. The molecule has 0 saturated heterocycles. The van der Waals surface area contributed by atoms with Crippen molar-refractivity contribution < 1.29 is 25.8 Å². The van der Waals surface area contributed by atoms with Crippen LogP contribution in [0.1, 0.15) is 84.6 Å². The van der Waals surface area contributed by atoms with Crippen LogP contribution in [0, 0.1) is 20.8 Å². The molecule has 0 fully saturated rings. The molecule has 2 aromatic carbocycles. The van der Waals surface area contributed by atoms with Gasteiger partial charge in [0.15, 0.2) is 0 Å². The molecule has 0 aliphatic carbocycles. The number of hydrogen-bond acceptors (Lipinski definition) is 2. The normalized spacial score (nSPS) is 10.4. The smallest absolute Gasteiger partial charge is 0.0658 e. The van der Waals surface area contributed by atoms with Gasteiger partial charge in [-0.05, 0) is 38.0 Å². The summed E-state index contributed by atoms with van der Waals surface area (Å²) in [5.74, 6) is 0. The summed E-state index contributed by atoms with van der Waals surface area (Å²) in [6.45, 7) is 26.9. The zero-order valence-electron chi connectivity index (χ0n) is 28.3. The maximum absolute atomic E-state index is 5.41. The number of para-hydroxylation sites is 1. The molecule has 0 heterocycles. The molecule has 1 nitrogen and oxygen atoms in total. The SMILES string of the molecule is CC[Si](CC)CC.CC[Si](CC)CC.CC[Si](CC)CC.Cc1cc(C)c([S-])c(C=Nc2ccccc2C)c1.[Hf]. The van der Waals surface area contributed by atoms with E-state index in [-0.39, 0.29) is 52.2 Å². The molecule has 0 aliphatic rings. The first kappa shape index (κ1) is 44.3. The van der Waals surface area contributed by atoms with E-state index in [4.69, 9.17) is 12.6 Å². The van der Waals surface area contributed by atoms with Crippen LogP contribution in [0.15, 0.2) is 46.3 Å². The van der Waals surface area contributed by atoms with Gasteiger partial charge in [0.2, 0.25) is 0 Å². The second-order valence-electron chi connectivity index (χ2n) is 9.98. The van der Waals surface area contributed by atoms with Gasteiger partial charge in [-0.25, -0.2) is 0 Å². The van der Waals surface area contributed by atoms with E-state index in [1.165, 1.54) is 65.5 Å². The second kappa shape index (κ2) is 28.9. The fourth-order valence-corrected chi connectivity index (χ4v) is 8.85. The van der Waals surface area contributed by atoms with Crippen LogP contribution in [-0.2, 0) is 38.5 Å². The number of rotatable bonds is 11. The molecule has 0 aromatic heterocycles. The van der Waals surface area contributed by atoms with Crippen molar-refractivity contribution in [2.24, 2.45) is 4.99 Å². The van der Waals surface area contributed by atoms with E-state index in [1.807, 2.05) is 31.3 Å². The van der Waals surface area contributed by atoms with Gasteiger partial charge in [-0.15, -0.1) is 0 Å². The summed E-state index contributed by atoms with van der Waals surface area (Å²) in [6, 6.07) is 25.4. The molecule has 6 heteroatoms. The molecular formula is C34H61HfNSSi3-. The van der Waals surface area contributed by atoms with Crippen LogP contribution in [-0.4, -0.2) is 32.6 Å². The molecule has 0 unspecified atom stereocenters. The molecule has 0 saturated carbocycles. The van der Waals surface area contributed by atoms with E-state index < -0.39 is 0 Å². The van der Waals surface area contributed by atoms with E-state index in [0.717, 1.165) is 21.7 Å². The van der Waals surface area contributed by atoms with E-state index in [0.29, 0.717) is 0 Å². The van der Waals surface area contributed by atoms with Gasteiger partial charge in [0.05, 0.1) is 5.69 Å². The second-order valence-corrected chi connectivity index (χ2v) is 21.2. The van der Waals surface area contributed by atoms with Crippen LogP contribution >= 0.6 is 0 Å². The van der Waals surface area contributed by atoms with E-state index in [1.54, 1.807) is 0 Å². The molecule has 0 bridgehead atoms. The third-order valence-electron chi connectivity index (χ3n) is 7.41. The predicted octanol–water partition coefficient (Wildman–Crippen LogP) is 11.9. The third kappa shape index (κ3) is 20.7. The minimum Gasteiger partial charge on any atom is -0.779 e. The largest absolute Gasteiger partial charge is 0.779 e. The van der Waals surface area contributed by atoms with Gasteiger partial charge in [-0.3, -0.25) is 4.99 Å². The molecule has 0 amide bonds. The van der Waals surface area contributed by atoms with Crippen molar-refractivity contribution in [3.63, 3.8) is 0 Å². The summed E-state index contributed by atoms with van der Waals surface area (Å²) in [6.07, 6.45) is 1.87. The Kier molecular flexibility index (Phi) is 32.1. The van der Waals surface area contributed by atoms with Crippen molar-refractivity contribution in [3.8, 4) is 0 Å². The summed E-state index contributed by atoms with van der Waals surface area (Å²) in [5, 5.41) is 0. The first-order valence-electron chi connectivity index (χ1n) is 15.5. The van der Waals surface area contributed by atoms with Gasteiger partial charge in [0, 0.05) is 58.4 Å². The Labute approximate surface area is 280 Å². The number of aliphatic imine (C=N–C) groups is 1. The molecule has 0 aliphatic heterocycles. The van der Waals surface area contributed by atoms with Gasteiger partial charge in [-0.1, -0.05) is 158 Å². The van der Waals surface area contributed by atoms with E-state index in [2.05, 4.69) is 99.4 Å². The van der Waals surface area contributed by atoms with E-state index >= 15 is 0 Å². The molecule has 0 atom stereocenters. The van der Waals surface area contributed by atoms with Crippen LogP contribution in [0.2, 0.25) is 54.4 Å². The topological polar surface area (TPSA) is 12.4 Å². The van der Waals surface area contributed by atoms with Crippen LogP contribution in [0.5, 0.6) is 0 Å². The molecule has 225 valence electrons. The van der Waals surface area contributed by atoms with Crippen LogP contribution in [0.3, 0.4) is 0 Å². The molecule has 2 aromatic rings. The molecule has 0 spiro atoms. The predicted molar refractivity (Wildman–Crippen MR) is 192 cm³/mol. The zero-order valence-corrected chi connectivity index (χ0v) is 35.7. The molecular weight excluding hydrogens is 717 g/mol. The monoisotopic (exact) mass is 779 g/mol. The average molecular weight is 779 g/mol.